The second kappa shape index (κ2) is 3.66. The van der Waals surface area contributed by atoms with Gasteiger partial charge in [-0.1, -0.05) is 0 Å². The number of esters is 1. The minimum atomic E-state index is -0.0413. The lowest BCUT2D eigenvalue weighted by Crippen LogP contribution is -2.50. The molecule has 2 fully saturated rings. The van der Waals surface area contributed by atoms with E-state index in [0.29, 0.717) is 0 Å². The average molecular weight is 183 g/mol. The van der Waals surface area contributed by atoms with Gasteiger partial charge in [0.2, 0.25) is 0 Å². The highest BCUT2D eigenvalue weighted by Gasteiger charge is 2.35. The fourth-order valence-electron chi connectivity index (χ4n) is 2.60. The average Bonchev–Trinajstić information content (AvgIpc) is 2.18. The Balaban J connectivity index is 2.01. The number of piperidine rings is 2. The molecule has 0 spiro atoms. The molecule has 0 amide bonds. The Kier molecular flexibility index (Phi) is 2.54. The molecule has 2 saturated heterocycles. The van der Waals surface area contributed by atoms with Gasteiger partial charge in [-0.3, -0.25) is 9.69 Å². The molecule has 2 rings (SSSR count). The zero-order chi connectivity index (χ0) is 9.26. The predicted molar refractivity (Wildman–Crippen MR) is 49.3 cm³/mol. The summed E-state index contributed by atoms with van der Waals surface area (Å²) < 4.78 is 4.80. The van der Waals surface area contributed by atoms with E-state index in [1.807, 2.05) is 0 Å². The molecule has 0 N–H and O–H groups in total. The molecule has 3 heteroatoms. The lowest BCUT2D eigenvalue weighted by atomic mass is 9.86. The third kappa shape index (κ3) is 1.70. The van der Waals surface area contributed by atoms with E-state index in [9.17, 15) is 4.79 Å². The van der Waals surface area contributed by atoms with E-state index < -0.39 is 0 Å². The van der Waals surface area contributed by atoms with Gasteiger partial charge in [-0.2, -0.15) is 0 Å². The largest absolute Gasteiger partial charge is 0.468 e. The molecule has 0 aliphatic carbocycles. The van der Waals surface area contributed by atoms with Crippen molar-refractivity contribution < 1.29 is 9.53 Å². The van der Waals surface area contributed by atoms with Crippen LogP contribution in [0.4, 0.5) is 0 Å². The normalized spacial score (nSPS) is 38.4. The van der Waals surface area contributed by atoms with Crippen LogP contribution in [-0.4, -0.2) is 37.1 Å². The second-order valence-electron chi connectivity index (χ2n) is 4.12. The first kappa shape index (κ1) is 9.00. The van der Waals surface area contributed by atoms with Crippen molar-refractivity contribution in [1.82, 2.24) is 4.90 Å². The van der Waals surface area contributed by atoms with Crippen molar-refractivity contribution in [3.8, 4) is 0 Å². The summed E-state index contributed by atoms with van der Waals surface area (Å²) in [6.45, 7) is 2.19. The minimum absolute atomic E-state index is 0.0413. The standard InChI is InChI=1S/C10H17NO2/c1-13-10(12)9-5-4-8-3-2-6-11(9)7-8/h8-9H,2-7H2,1H3. The molecule has 13 heavy (non-hydrogen) atoms. The maximum Gasteiger partial charge on any atom is 0.323 e. The Hall–Kier alpha value is -0.570. The third-order valence-electron chi connectivity index (χ3n) is 3.31. The molecule has 74 valence electrons. The second-order valence-corrected chi connectivity index (χ2v) is 4.12. The van der Waals surface area contributed by atoms with Crippen LogP contribution in [0.3, 0.4) is 0 Å². The molecule has 0 aromatic carbocycles. The van der Waals surface area contributed by atoms with Gasteiger partial charge in [-0.15, -0.1) is 0 Å². The summed E-state index contributed by atoms with van der Waals surface area (Å²) in [5, 5.41) is 0. The highest BCUT2D eigenvalue weighted by molar-refractivity contribution is 5.75. The lowest BCUT2D eigenvalue weighted by molar-refractivity contribution is -0.149. The third-order valence-corrected chi connectivity index (χ3v) is 3.31. The summed E-state index contributed by atoms with van der Waals surface area (Å²) in [6.07, 6.45) is 4.80. The predicted octanol–water partition coefficient (Wildman–Crippen LogP) is 1.03. The number of hydrogen-bond donors (Lipinski definition) is 0. The maximum absolute atomic E-state index is 11.4. The highest BCUT2D eigenvalue weighted by Crippen LogP contribution is 2.30. The number of carbonyl (C=O) groups is 1. The Labute approximate surface area is 79.0 Å². The van der Waals surface area contributed by atoms with Gasteiger partial charge in [-0.05, 0) is 38.1 Å². The van der Waals surface area contributed by atoms with Crippen molar-refractivity contribution in [3.63, 3.8) is 0 Å². The SMILES string of the molecule is COC(=O)C1CCC2CCCN1C2. The Morgan fingerprint density at radius 1 is 1.38 bits per heavy atom. The fraction of sp³-hybridized carbons (Fsp3) is 0.900. The van der Waals surface area contributed by atoms with E-state index >= 15 is 0 Å². The van der Waals surface area contributed by atoms with Crippen LogP contribution in [0, 0.1) is 5.92 Å². The number of ether oxygens (including phenoxy) is 1. The molecule has 3 unspecified atom stereocenters. The van der Waals surface area contributed by atoms with Crippen LogP contribution in [-0.2, 0) is 9.53 Å². The van der Waals surface area contributed by atoms with E-state index in [1.165, 1.54) is 26.4 Å². The molecular weight excluding hydrogens is 166 g/mol. The first-order chi connectivity index (χ1) is 6.31. The Bertz CT molecular complexity index is 205. The maximum atomic E-state index is 11.4. The van der Waals surface area contributed by atoms with Gasteiger partial charge < -0.3 is 4.74 Å². The molecule has 3 atom stereocenters. The highest BCUT2D eigenvalue weighted by atomic mass is 16.5. The zero-order valence-corrected chi connectivity index (χ0v) is 8.16. The van der Waals surface area contributed by atoms with Crippen LogP contribution < -0.4 is 0 Å². The van der Waals surface area contributed by atoms with Crippen molar-refractivity contribution >= 4 is 5.97 Å². The van der Waals surface area contributed by atoms with Crippen molar-refractivity contribution in [1.29, 1.82) is 0 Å². The van der Waals surface area contributed by atoms with Crippen molar-refractivity contribution in [2.45, 2.75) is 31.7 Å². The topological polar surface area (TPSA) is 29.5 Å². The monoisotopic (exact) mass is 183 g/mol. The number of nitrogens with zero attached hydrogens (tertiary/aromatic N) is 1. The summed E-state index contributed by atoms with van der Waals surface area (Å²) in [5.74, 6) is 0.801. The molecule has 0 aromatic heterocycles. The lowest BCUT2D eigenvalue weighted by Gasteiger charge is -2.41. The molecule has 2 bridgehead atoms. The first-order valence-electron chi connectivity index (χ1n) is 5.13. The van der Waals surface area contributed by atoms with E-state index in [0.717, 1.165) is 25.4 Å². The molecule has 0 radical (unpaired) electrons. The summed E-state index contributed by atoms with van der Waals surface area (Å²) in [4.78, 5) is 13.7. The van der Waals surface area contributed by atoms with Gasteiger partial charge in [0.05, 0.1) is 7.11 Å². The number of carbonyl (C=O) groups excluding carboxylic acids is 1. The molecule has 0 saturated carbocycles. The van der Waals surface area contributed by atoms with E-state index in [2.05, 4.69) is 4.90 Å². The molecule has 2 heterocycles. The van der Waals surface area contributed by atoms with Crippen molar-refractivity contribution in [2.75, 3.05) is 20.2 Å². The van der Waals surface area contributed by atoms with Gasteiger partial charge in [0.25, 0.3) is 0 Å². The van der Waals surface area contributed by atoms with Crippen molar-refractivity contribution in [2.24, 2.45) is 5.92 Å². The van der Waals surface area contributed by atoms with Crippen LogP contribution >= 0.6 is 0 Å². The van der Waals surface area contributed by atoms with Gasteiger partial charge in [0.1, 0.15) is 6.04 Å². The molecule has 3 nitrogen and oxygen atoms in total. The molecule has 2 aliphatic heterocycles. The van der Waals surface area contributed by atoms with E-state index in [4.69, 9.17) is 4.74 Å². The molecular formula is C10H17NO2. The quantitative estimate of drug-likeness (QED) is 0.569. The molecule has 0 aromatic rings. The smallest absolute Gasteiger partial charge is 0.323 e. The number of methoxy groups -OCH3 is 1. The summed E-state index contributed by atoms with van der Waals surface area (Å²) >= 11 is 0. The van der Waals surface area contributed by atoms with E-state index in [1.54, 1.807) is 0 Å². The number of fused-ring (bicyclic) bond motifs is 2. The van der Waals surface area contributed by atoms with Crippen LogP contribution in [0.15, 0.2) is 0 Å². The Morgan fingerprint density at radius 2 is 2.23 bits per heavy atom. The zero-order valence-electron chi connectivity index (χ0n) is 8.16. The first-order valence-corrected chi connectivity index (χ1v) is 5.13. The number of hydrogen-bond acceptors (Lipinski definition) is 3. The summed E-state index contributed by atoms with van der Waals surface area (Å²) in [7, 11) is 1.48. The van der Waals surface area contributed by atoms with Gasteiger partial charge in [-0.25, -0.2) is 0 Å². The Morgan fingerprint density at radius 3 is 3.00 bits per heavy atom. The van der Waals surface area contributed by atoms with E-state index in [-0.39, 0.29) is 12.0 Å². The minimum Gasteiger partial charge on any atom is -0.468 e. The van der Waals surface area contributed by atoms with Gasteiger partial charge in [0, 0.05) is 6.54 Å². The summed E-state index contributed by atoms with van der Waals surface area (Å²) in [5.41, 5.74) is 0. The van der Waals surface area contributed by atoms with Crippen LogP contribution in [0.1, 0.15) is 25.7 Å². The fourth-order valence-corrected chi connectivity index (χ4v) is 2.60. The van der Waals surface area contributed by atoms with Crippen LogP contribution in [0.25, 0.3) is 0 Å². The van der Waals surface area contributed by atoms with Crippen LogP contribution in [0.2, 0.25) is 0 Å². The molecule has 2 aliphatic rings. The van der Waals surface area contributed by atoms with Crippen LogP contribution in [0.5, 0.6) is 0 Å². The van der Waals surface area contributed by atoms with Gasteiger partial charge in [0.15, 0.2) is 0 Å². The summed E-state index contributed by atoms with van der Waals surface area (Å²) in [6, 6.07) is 0.0570. The number of rotatable bonds is 1. The van der Waals surface area contributed by atoms with Gasteiger partial charge >= 0.3 is 5.97 Å². The van der Waals surface area contributed by atoms with Crippen molar-refractivity contribution in [3.05, 3.63) is 0 Å².